The molecule has 6 heteroatoms. The molecule has 260 valence electrons. The number of unbranched alkanes of at least 4 members (excludes halogenated alkanes) is 3. The number of ether oxygens (including phenoxy) is 2. The number of fused-ring (bicyclic) bond motifs is 5. The molecule has 0 aromatic rings. The third-order valence-corrected chi connectivity index (χ3v) is 15.0. The first-order valence-electron chi connectivity index (χ1n) is 19.1. The Morgan fingerprint density at radius 2 is 1.67 bits per heavy atom. The highest BCUT2D eigenvalue weighted by molar-refractivity contribution is 7.99. The van der Waals surface area contributed by atoms with Crippen LogP contribution in [-0.4, -0.2) is 63.6 Å². The number of allylic oxidation sites excluding steroid dienone is 1. The van der Waals surface area contributed by atoms with Gasteiger partial charge in [0.1, 0.15) is 23.7 Å². The van der Waals surface area contributed by atoms with Crippen LogP contribution in [0.2, 0.25) is 0 Å². The minimum atomic E-state index is -1.14. The maximum Gasteiger partial charge on any atom is 0.132 e. The van der Waals surface area contributed by atoms with E-state index in [1.807, 2.05) is 0 Å². The monoisotopic (exact) mass is 648 g/mol. The quantitative estimate of drug-likeness (QED) is 0.129. The van der Waals surface area contributed by atoms with Crippen molar-refractivity contribution in [2.24, 2.45) is 46.3 Å². The van der Waals surface area contributed by atoms with Crippen LogP contribution in [0.1, 0.15) is 138 Å². The van der Waals surface area contributed by atoms with Crippen molar-refractivity contribution in [2.45, 2.75) is 174 Å². The van der Waals surface area contributed by atoms with E-state index in [2.05, 4.69) is 40.7 Å². The third-order valence-electron chi connectivity index (χ3n) is 13.7. The topological polar surface area (TPSA) is 79.2 Å². The van der Waals surface area contributed by atoms with Crippen LogP contribution in [0, 0.1) is 46.3 Å². The molecule has 0 aromatic heterocycles. The Labute approximate surface area is 280 Å². The lowest BCUT2D eigenvalue weighted by Gasteiger charge is -2.58. The molecule has 4 aliphatic carbocycles. The summed E-state index contributed by atoms with van der Waals surface area (Å²) in [6.45, 7) is 15.3. The summed E-state index contributed by atoms with van der Waals surface area (Å²) in [4.78, 5) is 0. The van der Waals surface area contributed by atoms with Crippen LogP contribution in [0.3, 0.4) is 0 Å². The number of hydrogen-bond donors (Lipinski definition) is 3. The first kappa shape index (κ1) is 36.2. The fraction of sp³-hybridized carbons (Fsp3) is 0.949. The van der Waals surface area contributed by atoms with E-state index in [0.29, 0.717) is 16.9 Å². The maximum absolute atomic E-state index is 10.2. The van der Waals surface area contributed by atoms with E-state index in [-0.39, 0.29) is 0 Å². The Hall–Kier alpha value is -0.110. The van der Waals surface area contributed by atoms with Crippen molar-refractivity contribution in [3.63, 3.8) is 0 Å². The highest BCUT2D eigenvalue weighted by Gasteiger charge is 2.59. The van der Waals surface area contributed by atoms with Gasteiger partial charge in [0.15, 0.2) is 0 Å². The third kappa shape index (κ3) is 7.88. The molecule has 0 bridgehead atoms. The summed E-state index contributed by atoms with van der Waals surface area (Å²) in [5, 5.41) is 30.1. The molecule has 5 rings (SSSR count). The standard InChI is InChI=1S/C39H68O5S/c1-25(2)12-11-13-26(3)31-16-17-32-30-15-14-28-24-29(18-20-38(28,5)33(30)19-21-39(31,32)6)43-22-9-7-8-10-23-45-37-36(42)35(41)34(40)27(4)44-37/h14,25-27,29-37,40-42H,7-13,15-24H2,1-6H3/t26-,27+,29+,30?,31-,32?,33?,34-,35-,36+,37+,38+,39-/m1/s1. The Bertz CT molecular complexity index is 971. The van der Waals surface area contributed by atoms with E-state index in [0.717, 1.165) is 80.0 Å². The number of aliphatic hydroxyl groups excluding tert-OH is 3. The van der Waals surface area contributed by atoms with E-state index in [9.17, 15) is 15.3 Å². The molecule has 45 heavy (non-hydrogen) atoms. The van der Waals surface area contributed by atoms with Crippen LogP contribution in [-0.2, 0) is 9.47 Å². The molecule has 0 aromatic carbocycles. The highest BCUT2D eigenvalue weighted by atomic mass is 32.2. The summed E-state index contributed by atoms with van der Waals surface area (Å²) < 4.78 is 12.2. The molecule has 4 fully saturated rings. The number of thioether (sulfide) groups is 1. The number of aliphatic hydroxyl groups is 3. The summed E-state index contributed by atoms with van der Waals surface area (Å²) in [5.41, 5.74) is 2.22. The molecule has 0 radical (unpaired) electrons. The first-order valence-corrected chi connectivity index (χ1v) is 20.1. The molecular formula is C39H68O5S. The van der Waals surface area contributed by atoms with E-state index in [1.54, 1.807) is 24.3 Å². The summed E-state index contributed by atoms with van der Waals surface area (Å²) in [6, 6.07) is 0. The van der Waals surface area contributed by atoms with Crippen molar-refractivity contribution in [2.75, 3.05) is 12.4 Å². The Morgan fingerprint density at radius 3 is 2.44 bits per heavy atom. The summed E-state index contributed by atoms with van der Waals surface area (Å²) in [6.07, 6.45) is 18.9. The zero-order chi connectivity index (χ0) is 32.4. The van der Waals surface area contributed by atoms with Crippen molar-refractivity contribution < 1.29 is 24.8 Å². The second-order valence-corrected chi connectivity index (χ2v) is 18.2. The lowest BCUT2D eigenvalue weighted by Crippen LogP contribution is -2.55. The second-order valence-electron chi connectivity index (χ2n) is 17.0. The summed E-state index contributed by atoms with van der Waals surface area (Å²) in [5.74, 6) is 6.24. The molecule has 5 aliphatic rings. The molecule has 0 amide bonds. The van der Waals surface area contributed by atoms with Gasteiger partial charge in [-0.05, 0) is 123 Å². The van der Waals surface area contributed by atoms with Gasteiger partial charge in [-0.2, -0.15) is 0 Å². The average molecular weight is 649 g/mol. The van der Waals surface area contributed by atoms with Gasteiger partial charge < -0.3 is 24.8 Å². The van der Waals surface area contributed by atoms with Crippen LogP contribution in [0.4, 0.5) is 0 Å². The van der Waals surface area contributed by atoms with Crippen molar-refractivity contribution in [1.82, 2.24) is 0 Å². The maximum atomic E-state index is 10.2. The van der Waals surface area contributed by atoms with Gasteiger partial charge in [0, 0.05) is 6.61 Å². The van der Waals surface area contributed by atoms with Gasteiger partial charge in [-0.1, -0.05) is 78.4 Å². The lowest BCUT2D eigenvalue weighted by atomic mass is 9.47. The number of hydrogen-bond acceptors (Lipinski definition) is 6. The molecule has 5 nitrogen and oxygen atoms in total. The molecule has 3 N–H and O–H groups in total. The fourth-order valence-electron chi connectivity index (χ4n) is 11.0. The molecule has 1 saturated heterocycles. The molecule has 3 unspecified atom stereocenters. The van der Waals surface area contributed by atoms with Crippen LogP contribution in [0.15, 0.2) is 11.6 Å². The Morgan fingerprint density at radius 1 is 0.889 bits per heavy atom. The molecule has 1 heterocycles. The average Bonchev–Trinajstić information content (AvgIpc) is 3.37. The fourth-order valence-corrected chi connectivity index (χ4v) is 12.2. The van der Waals surface area contributed by atoms with Crippen LogP contribution in [0.25, 0.3) is 0 Å². The molecule has 1 aliphatic heterocycles. The first-order chi connectivity index (χ1) is 21.5. The van der Waals surface area contributed by atoms with Crippen LogP contribution >= 0.6 is 11.8 Å². The van der Waals surface area contributed by atoms with Crippen molar-refractivity contribution >= 4 is 11.8 Å². The van der Waals surface area contributed by atoms with Gasteiger partial charge in [-0.25, -0.2) is 0 Å². The summed E-state index contributed by atoms with van der Waals surface area (Å²) >= 11 is 1.55. The smallest absolute Gasteiger partial charge is 0.132 e. The van der Waals surface area contributed by atoms with E-state index in [1.165, 1.54) is 64.2 Å². The zero-order valence-electron chi connectivity index (χ0n) is 29.6. The predicted octanol–water partition coefficient (Wildman–Crippen LogP) is 8.53. The van der Waals surface area contributed by atoms with Crippen molar-refractivity contribution in [3.05, 3.63) is 11.6 Å². The zero-order valence-corrected chi connectivity index (χ0v) is 30.4. The SMILES string of the molecule is CC(C)CCC[C@@H](C)[C@H]1CCC2C3CC=C4C[C@@H](OCCCCCCS[C@@H]5O[C@@H](C)[C@@H](O)[C@@H](O)[C@@H]5O)CC[C@]4(C)C3CC[C@@]21C. The van der Waals surface area contributed by atoms with Gasteiger partial charge >= 0.3 is 0 Å². The van der Waals surface area contributed by atoms with E-state index in [4.69, 9.17) is 9.47 Å². The van der Waals surface area contributed by atoms with Gasteiger partial charge in [-0.15, -0.1) is 11.8 Å². The van der Waals surface area contributed by atoms with Crippen molar-refractivity contribution in [1.29, 1.82) is 0 Å². The predicted molar refractivity (Wildman–Crippen MR) is 186 cm³/mol. The summed E-state index contributed by atoms with van der Waals surface area (Å²) in [7, 11) is 0. The molecular weight excluding hydrogens is 580 g/mol. The largest absolute Gasteiger partial charge is 0.388 e. The normalized spacial score (nSPS) is 43.8. The highest BCUT2D eigenvalue weighted by Crippen LogP contribution is 2.67. The molecule has 13 atom stereocenters. The van der Waals surface area contributed by atoms with E-state index < -0.39 is 29.9 Å². The van der Waals surface area contributed by atoms with Gasteiger partial charge in [0.05, 0.1) is 12.2 Å². The van der Waals surface area contributed by atoms with Crippen LogP contribution in [0.5, 0.6) is 0 Å². The lowest BCUT2D eigenvalue weighted by molar-refractivity contribution is -0.192. The Kier molecular flexibility index (Phi) is 12.6. The Balaban J connectivity index is 1.02. The van der Waals surface area contributed by atoms with Gasteiger partial charge in [0.2, 0.25) is 0 Å². The van der Waals surface area contributed by atoms with Crippen LogP contribution < -0.4 is 0 Å². The second kappa shape index (κ2) is 15.6. The minimum Gasteiger partial charge on any atom is -0.388 e. The molecule has 3 saturated carbocycles. The van der Waals surface area contributed by atoms with Crippen molar-refractivity contribution in [3.8, 4) is 0 Å². The number of rotatable bonds is 14. The van der Waals surface area contributed by atoms with Gasteiger partial charge in [-0.3, -0.25) is 0 Å². The van der Waals surface area contributed by atoms with Gasteiger partial charge in [0.25, 0.3) is 0 Å². The molecule has 0 spiro atoms. The minimum absolute atomic E-state index is 0.390. The van der Waals surface area contributed by atoms with E-state index >= 15 is 0 Å².